The molecule has 3 rings (SSSR count). The highest BCUT2D eigenvalue weighted by Crippen LogP contribution is 2.52. The number of amides is 1. The minimum Gasteiger partial charge on any atom is -0.444 e. The number of nitrogens with two attached hydrogens (primary N) is 1. The van der Waals surface area contributed by atoms with E-state index in [0.29, 0.717) is 35.2 Å². The van der Waals surface area contributed by atoms with Gasteiger partial charge in [-0.3, -0.25) is 10.3 Å². The second-order valence-corrected chi connectivity index (χ2v) is 9.24. The van der Waals surface area contributed by atoms with Crippen LogP contribution in [0.4, 0.5) is 14.9 Å². The Labute approximate surface area is 169 Å². The summed E-state index contributed by atoms with van der Waals surface area (Å²) < 4.78 is 26.0. The fourth-order valence-electron chi connectivity index (χ4n) is 3.93. The summed E-state index contributed by atoms with van der Waals surface area (Å²) >= 11 is 1.45. The van der Waals surface area contributed by atoms with Crippen molar-refractivity contribution in [2.24, 2.45) is 10.9 Å². The molecule has 0 saturated heterocycles. The Balaban J connectivity index is 1.97. The first kappa shape index (κ1) is 20.9. The second kappa shape index (κ2) is 7.91. The third kappa shape index (κ3) is 4.43. The van der Waals surface area contributed by atoms with Crippen molar-refractivity contribution in [2.75, 3.05) is 18.1 Å². The molecule has 1 heterocycles. The number of rotatable bonds is 3. The molecule has 1 aliphatic carbocycles. The van der Waals surface area contributed by atoms with E-state index in [2.05, 4.69) is 5.32 Å². The van der Waals surface area contributed by atoms with Crippen LogP contribution in [0.5, 0.6) is 0 Å². The minimum absolute atomic E-state index is 0.0129. The first-order chi connectivity index (χ1) is 13.1. The van der Waals surface area contributed by atoms with Gasteiger partial charge in [-0.15, -0.1) is 0 Å². The Morgan fingerprint density at radius 3 is 2.89 bits per heavy atom. The maximum absolute atomic E-state index is 14.8. The number of benzene rings is 1. The third-order valence-corrected chi connectivity index (χ3v) is 5.99. The quantitative estimate of drug-likeness (QED) is 0.736. The van der Waals surface area contributed by atoms with Crippen molar-refractivity contribution < 1.29 is 18.7 Å². The second-order valence-electron chi connectivity index (χ2n) is 8.23. The van der Waals surface area contributed by atoms with Gasteiger partial charge in [0.1, 0.15) is 11.4 Å². The van der Waals surface area contributed by atoms with Gasteiger partial charge in [-0.1, -0.05) is 11.8 Å². The molecule has 3 atom stereocenters. The van der Waals surface area contributed by atoms with Crippen LogP contribution in [0.1, 0.15) is 46.1 Å². The summed E-state index contributed by atoms with van der Waals surface area (Å²) in [6, 6.07) is 4.57. The van der Waals surface area contributed by atoms with Gasteiger partial charge < -0.3 is 15.2 Å². The molecule has 3 N–H and O–H groups in total. The van der Waals surface area contributed by atoms with Crippen LogP contribution in [0, 0.1) is 11.7 Å². The zero-order valence-electron chi connectivity index (χ0n) is 16.8. The van der Waals surface area contributed by atoms with Gasteiger partial charge in [0.05, 0.1) is 11.6 Å². The summed E-state index contributed by atoms with van der Waals surface area (Å²) in [6.07, 6.45) is 0.755. The number of hydrogen-bond acceptors (Lipinski definition) is 6. The van der Waals surface area contributed by atoms with Gasteiger partial charge in [0.25, 0.3) is 0 Å². The summed E-state index contributed by atoms with van der Waals surface area (Å²) in [7, 11) is 0. The van der Waals surface area contributed by atoms with Gasteiger partial charge in [-0.05, 0) is 52.3 Å². The number of hydrogen-bond donors (Lipinski definition) is 2. The topological polar surface area (TPSA) is 85.9 Å². The highest BCUT2D eigenvalue weighted by Gasteiger charge is 2.52. The lowest BCUT2D eigenvalue weighted by atomic mass is 9.81. The number of carbonyl (C=O) groups excluding carboxylic acids is 1. The number of nitrogen functional groups attached to an aromatic ring is 1. The lowest BCUT2D eigenvalue weighted by molar-refractivity contribution is 0.0564. The molecule has 1 fully saturated rings. The zero-order valence-corrected chi connectivity index (χ0v) is 17.6. The van der Waals surface area contributed by atoms with Crippen molar-refractivity contribution >= 4 is 28.7 Å². The predicted molar refractivity (Wildman–Crippen MR) is 110 cm³/mol. The maximum atomic E-state index is 14.8. The lowest BCUT2D eigenvalue weighted by Gasteiger charge is -2.36. The summed E-state index contributed by atoms with van der Waals surface area (Å²) in [4.78, 5) is 17.0. The molecule has 0 unspecified atom stereocenters. The minimum atomic E-state index is -0.811. The molecule has 1 saturated carbocycles. The van der Waals surface area contributed by atoms with Crippen LogP contribution in [-0.4, -0.2) is 35.3 Å². The molecule has 1 aliphatic heterocycles. The number of ether oxygens (including phenoxy) is 2. The van der Waals surface area contributed by atoms with Crippen LogP contribution in [-0.2, 0) is 15.0 Å². The van der Waals surface area contributed by atoms with Crippen LogP contribution in [0.25, 0.3) is 0 Å². The molecule has 8 heteroatoms. The fourth-order valence-corrected chi connectivity index (χ4v) is 5.08. The Kier molecular flexibility index (Phi) is 5.91. The van der Waals surface area contributed by atoms with E-state index in [0.717, 1.165) is 6.42 Å². The third-order valence-electron chi connectivity index (χ3n) is 4.95. The molecule has 1 amide bonds. The number of nitrogens with zero attached hydrogens (tertiary/aromatic N) is 1. The van der Waals surface area contributed by atoms with Gasteiger partial charge in [-0.2, -0.15) is 0 Å². The molecule has 28 heavy (non-hydrogen) atoms. The van der Waals surface area contributed by atoms with Gasteiger partial charge >= 0.3 is 6.09 Å². The number of nitrogens with one attached hydrogen (secondary N) is 1. The van der Waals surface area contributed by atoms with Crippen LogP contribution in [0.2, 0.25) is 0 Å². The molecular weight excluding hydrogens is 381 g/mol. The average molecular weight is 410 g/mol. The summed E-state index contributed by atoms with van der Waals surface area (Å²) in [5.41, 5.74) is 5.47. The van der Waals surface area contributed by atoms with Crippen molar-refractivity contribution in [3.63, 3.8) is 0 Å². The van der Waals surface area contributed by atoms with E-state index in [1.54, 1.807) is 32.9 Å². The number of fused-ring (bicyclic) bond motifs is 1. The monoisotopic (exact) mass is 409 g/mol. The number of amidine groups is 1. The number of thioether (sulfide) groups is 1. The van der Waals surface area contributed by atoms with Crippen LogP contribution >= 0.6 is 11.8 Å². The first-order valence-corrected chi connectivity index (χ1v) is 10.5. The van der Waals surface area contributed by atoms with Crippen molar-refractivity contribution in [3.8, 4) is 0 Å². The molecule has 2 aliphatic rings. The van der Waals surface area contributed by atoms with E-state index < -0.39 is 17.2 Å². The SMILES string of the molecule is CCO[C@@H]1C[C@H]2CSC(NC(=O)OC(C)(C)C)=N[C@@]2(c2cc(N)ccc2F)C1. The number of carbonyl (C=O) groups is 1. The van der Waals surface area contributed by atoms with Crippen LogP contribution in [0.15, 0.2) is 23.2 Å². The standard InChI is InChI=1S/C20H28FN3O3S/c1-5-26-14-8-12-11-28-17(23-18(25)27-19(2,3)4)24-20(12,10-14)15-9-13(22)6-7-16(15)21/h6-7,9,12,14H,5,8,10-11,22H2,1-4H3,(H,23,24,25)/t12-,14+,20-/m0/s1. The highest BCUT2D eigenvalue weighted by atomic mass is 32.2. The van der Waals surface area contributed by atoms with Crippen molar-refractivity contribution in [1.29, 1.82) is 0 Å². The smallest absolute Gasteiger partial charge is 0.413 e. The van der Waals surface area contributed by atoms with Crippen LogP contribution in [0.3, 0.4) is 0 Å². The lowest BCUT2D eigenvalue weighted by Crippen LogP contribution is -2.42. The van der Waals surface area contributed by atoms with Gasteiger partial charge in [-0.25, -0.2) is 9.18 Å². The highest BCUT2D eigenvalue weighted by molar-refractivity contribution is 8.13. The van der Waals surface area contributed by atoms with Gasteiger partial charge in [0, 0.05) is 35.9 Å². The fraction of sp³-hybridized carbons (Fsp3) is 0.600. The Hall–Kier alpha value is -1.80. The molecule has 6 nitrogen and oxygen atoms in total. The number of halogens is 1. The summed E-state index contributed by atoms with van der Waals surface area (Å²) in [5.74, 6) is 0.449. The molecule has 1 aromatic rings. The van der Waals surface area contributed by atoms with E-state index in [1.165, 1.54) is 17.8 Å². The number of alkyl carbamates (subject to hydrolysis) is 1. The predicted octanol–water partition coefficient (Wildman–Crippen LogP) is 4.05. The molecule has 0 spiro atoms. The van der Waals surface area contributed by atoms with E-state index in [1.807, 2.05) is 6.92 Å². The van der Waals surface area contributed by atoms with Crippen molar-refractivity contribution in [1.82, 2.24) is 5.32 Å². The molecule has 0 bridgehead atoms. The van der Waals surface area contributed by atoms with Gasteiger partial charge in [0.2, 0.25) is 0 Å². The Morgan fingerprint density at radius 2 is 2.21 bits per heavy atom. The van der Waals surface area contributed by atoms with E-state index >= 15 is 0 Å². The Morgan fingerprint density at radius 1 is 1.46 bits per heavy atom. The van der Waals surface area contributed by atoms with E-state index in [4.69, 9.17) is 20.2 Å². The van der Waals surface area contributed by atoms with E-state index in [-0.39, 0.29) is 17.8 Å². The van der Waals surface area contributed by atoms with Gasteiger partial charge in [0.15, 0.2) is 5.17 Å². The number of anilines is 1. The molecule has 1 aromatic carbocycles. The molecule has 0 radical (unpaired) electrons. The van der Waals surface area contributed by atoms with Crippen LogP contribution < -0.4 is 11.1 Å². The average Bonchev–Trinajstić information content (AvgIpc) is 2.94. The van der Waals surface area contributed by atoms with Crippen molar-refractivity contribution in [2.45, 2.75) is 57.8 Å². The first-order valence-electron chi connectivity index (χ1n) is 9.52. The maximum Gasteiger partial charge on any atom is 0.413 e. The Bertz CT molecular complexity index is 780. The largest absolute Gasteiger partial charge is 0.444 e. The molecule has 0 aromatic heterocycles. The number of aliphatic imine (C=N–C) groups is 1. The molecular formula is C20H28FN3O3S. The summed E-state index contributed by atoms with van der Waals surface area (Å²) in [5, 5.41) is 3.16. The zero-order chi connectivity index (χ0) is 20.5. The summed E-state index contributed by atoms with van der Waals surface area (Å²) in [6.45, 7) is 7.93. The van der Waals surface area contributed by atoms with E-state index in [9.17, 15) is 9.18 Å². The van der Waals surface area contributed by atoms with Crippen molar-refractivity contribution in [3.05, 3.63) is 29.6 Å². The molecule has 154 valence electrons. The normalized spacial score (nSPS) is 27.1.